The van der Waals surface area contributed by atoms with E-state index >= 15 is 0 Å². The highest BCUT2D eigenvalue weighted by Gasteiger charge is 2.12. The van der Waals surface area contributed by atoms with E-state index in [9.17, 15) is 14.4 Å². The van der Waals surface area contributed by atoms with Gasteiger partial charge >= 0.3 is 5.97 Å². The van der Waals surface area contributed by atoms with Crippen LogP contribution in [0.3, 0.4) is 0 Å². The SMILES string of the molecule is O=C(CCC(=O)OCC(=O)Nc1ccccc1Cl)Nc1ccc(Sc2ccc(Cl)cc2)cc1. The molecular weight excluding hydrogens is 483 g/mol. The summed E-state index contributed by atoms with van der Waals surface area (Å²) < 4.78 is 4.91. The third-order valence-corrected chi connectivity index (χ3v) is 5.85. The number of nitrogens with one attached hydrogen (secondary N) is 2. The van der Waals surface area contributed by atoms with Gasteiger partial charge in [-0.15, -0.1) is 0 Å². The van der Waals surface area contributed by atoms with E-state index in [1.807, 2.05) is 36.4 Å². The first kappa shape index (κ1) is 24.6. The van der Waals surface area contributed by atoms with E-state index in [0.29, 0.717) is 21.4 Å². The molecule has 0 heterocycles. The highest BCUT2D eigenvalue weighted by atomic mass is 35.5. The molecule has 3 aromatic rings. The summed E-state index contributed by atoms with van der Waals surface area (Å²) in [6.45, 7) is -0.460. The quantitative estimate of drug-likeness (QED) is 0.348. The molecule has 9 heteroatoms. The number of anilines is 2. The number of amides is 2. The number of hydrogen-bond donors (Lipinski definition) is 2. The molecule has 33 heavy (non-hydrogen) atoms. The fraction of sp³-hybridized carbons (Fsp3) is 0.125. The van der Waals surface area contributed by atoms with E-state index in [4.69, 9.17) is 27.9 Å². The molecule has 6 nitrogen and oxygen atoms in total. The third kappa shape index (κ3) is 8.46. The van der Waals surface area contributed by atoms with E-state index in [2.05, 4.69) is 10.6 Å². The number of para-hydroxylation sites is 1. The van der Waals surface area contributed by atoms with Crippen LogP contribution in [0.5, 0.6) is 0 Å². The molecule has 0 spiro atoms. The van der Waals surface area contributed by atoms with Crippen molar-refractivity contribution >= 4 is 64.1 Å². The molecule has 0 aliphatic carbocycles. The summed E-state index contributed by atoms with van der Waals surface area (Å²) in [6.07, 6.45) is -0.206. The number of benzene rings is 3. The second-order valence-corrected chi connectivity index (χ2v) is 8.81. The summed E-state index contributed by atoms with van der Waals surface area (Å²) >= 11 is 13.4. The number of esters is 1. The molecule has 0 bridgehead atoms. The lowest BCUT2D eigenvalue weighted by Gasteiger charge is -2.08. The number of rotatable bonds is 9. The van der Waals surface area contributed by atoms with Crippen molar-refractivity contribution < 1.29 is 19.1 Å². The van der Waals surface area contributed by atoms with Crippen molar-refractivity contribution in [1.29, 1.82) is 0 Å². The van der Waals surface area contributed by atoms with Crippen LogP contribution in [-0.4, -0.2) is 24.4 Å². The Morgan fingerprint density at radius 3 is 2.06 bits per heavy atom. The van der Waals surface area contributed by atoms with Gasteiger partial charge in [0.25, 0.3) is 5.91 Å². The molecule has 0 aromatic heterocycles. The Labute approximate surface area is 205 Å². The number of hydrogen-bond acceptors (Lipinski definition) is 5. The Morgan fingerprint density at radius 1 is 0.758 bits per heavy atom. The van der Waals surface area contributed by atoms with Crippen molar-refractivity contribution in [2.75, 3.05) is 17.2 Å². The van der Waals surface area contributed by atoms with Crippen molar-refractivity contribution in [3.05, 3.63) is 82.8 Å². The molecule has 0 radical (unpaired) electrons. The fourth-order valence-corrected chi connectivity index (χ4v) is 3.78. The van der Waals surface area contributed by atoms with Crippen LogP contribution in [0.15, 0.2) is 82.6 Å². The van der Waals surface area contributed by atoms with Crippen molar-refractivity contribution in [3.8, 4) is 0 Å². The molecule has 2 amide bonds. The zero-order valence-corrected chi connectivity index (χ0v) is 19.7. The van der Waals surface area contributed by atoms with Gasteiger partial charge in [-0.25, -0.2) is 0 Å². The van der Waals surface area contributed by atoms with Gasteiger partial charge in [-0.05, 0) is 60.7 Å². The van der Waals surface area contributed by atoms with Gasteiger partial charge in [-0.2, -0.15) is 0 Å². The van der Waals surface area contributed by atoms with Crippen LogP contribution in [0.25, 0.3) is 0 Å². The molecule has 2 N–H and O–H groups in total. The van der Waals surface area contributed by atoms with Crippen molar-refractivity contribution in [2.24, 2.45) is 0 Å². The van der Waals surface area contributed by atoms with Crippen LogP contribution < -0.4 is 10.6 Å². The monoisotopic (exact) mass is 502 g/mol. The highest BCUT2D eigenvalue weighted by Crippen LogP contribution is 2.29. The first-order valence-electron chi connectivity index (χ1n) is 9.92. The van der Waals surface area contributed by atoms with Gasteiger partial charge in [0.05, 0.1) is 17.1 Å². The minimum Gasteiger partial charge on any atom is -0.456 e. The lowest BCUT2D eigenvalue weighted by atomic mass is 10.2. The predicted octanol–water partition coefficient (Wildman–Crippen LogP) is 6.05. The average molecular weight is 503 g/mol. The minimum atomic E-state index is -0.644. The normalized spacial score (nSPS) is 10.4. The summed E-state index contributed by atoms with van der Waals surface area (Å²) in [6, 6.07) is 21.6. The smallest absolute Gasteiger partial charge is 0.306 e. The summed E-state index contributed by atoms with van der Waals surface area (Å²) in [7, 11) is 0. The summed E-state index contributed by atoms with van der Waals surface area (Å²) in [4.78, 5) is 37.9. The maximum absolute atomic E-state index is 12.1. The Hall–Kier alpha value is -3.00. The van der Waals surface area contributed by atoms with Crippen molar-refractivity contribution in [3.63, 3.8) is 0 Å². The Balaban J connectivity index is 1.37. The van der Waals surface area contributed by atoms with Crippen LogP contribution in [0.4, 0.5) is 11.4 Å². The molecule has 0 saturated carbocycles. The number of carbonyl (C=O) groups excluding carboxylic acids is 3. The van der Waals surface area contributed by atoms with Gasteiger partial charge in [0.15, 0.2) is 6.61 Å². The van der Waals surface area contributed by atoms with Gasteiger partial charge in [0.1, 0.15) is 0 Å². The predicted molar refractivity (Wildman–Crippen MR) is 131 cm³/mol. The summed E-state index contributed by atoms with van der Waals surface area (Å²) in [5, 5.41) is 6.34. The minimum absolute atomic E-state index is 0.0633. The van der Waals surface area contributed by atoms with Gasteiger partial charge in [-0.1, -0.05) is 47.1 Å². The van der Waals surface area contributed by atoms with Gasteiger partial charge < -0.3 is 15.4 Å². The Kier molecular flexibility index (Phi) is 9.18. The highest BCUT2D eigenvalue weighted by molar-refractivity contribution is 7.99. The van der Waals surface area contributed by atoms with Crippen LogP contribution in [-0.2, 0) is 19.1 Å². The second kappa shape index (κ2) is 12.3. The zero-order valence-electron chi connectivity index (χ0n) is 17.3. The Morgan fingerprint density at radius 2 is 1.39 bits per heavy atom. The van der Waals surface area contributed by atoms with Crippen LogP contribution >= 0.6 is 35.0 Å². The molecule has 0 unspecified atom stereocenters. The summed E-state index contributed by atoms with van der Waals surface area (Å²) in [5.74, 6) is -1.49. The standard InChI is InChI=1S/C24H20Cl2N2O4S/c25-16-5-9-18(10-6-16)33-19-11-7-17(8-12-19)27-22(29)13-14-24(31)32-15-23(30)28-21-4-2-1-3-20(21)26/h1-12H,13-15H2,(H,27,29)(H,28,30). The van der Waals surface area contributed by atoms with Crippen molar-refractivity contribution in [1.82, 2.24) is 0 Å². The first-order valence-corrected chi connectivity index (χ1v) is 11.5. The molecule has 0 fully saturated rings. The summed E-state index contributed by atoms with van der Waals surface area (Å²) in [5.41, 5.74) is 1.05. The van der Waals surface area contributed by atoms with E-state index in [-0.39, 0.29) is 18.7 Å². The van der Waals surface area contributed by atoms with Crippen LogP contribution in [0, 0.1) is 0 Å². The van der Waals surface area contributed by atoms with E-state index in [0.717, 1.165) is 9.79 Å². The van der Waals surface area contributed by atoms with Crippen LogP contribution in [0.1, 0.15) is 12.8 Å². The van der Waals surface area contributed by atoms with Gasteiger partial charge in [0.2, 0.25) is 5.91 Å². The number of halogens is 2. The van der Waals surface area contributed by atoms with E-state index in [1.165, 1.54) is 0 Å². The third-order valence-electron chi connectivity index (χ3n) is 4.26. The largest absolute Gasteiger partial charge is 0.456 e. The van der Waals surface area contributed by atoms with Crippen LogP contribution in [0.2, 0.25) is 10.0 Å². The number of ether oxygens (including phenoxy) is 1. The zero-order chi connectivity index (χ0) is 23.6. The number of carbonyl (C=O) groups is 3. The molecule has 3 aromatic carbocycles. The Bertz CT molecular complexity index is 1120. The maximum atomic E-state index is 12.1. The van der Waals surface area contributed by atoms with Gasteiger partial charge in [-0.3, -0.25) is 14.4 Å². The lowest BCUT2D eigenvalue weighted by molar-refractivity contribution is -0.147. The molecular formula is C24H20Cl2N2O4S. The molecule has 0 aliphatic rings. The average Bonchev–Trinajstić information content (AvgIpc) is 2.80. The fourth-order valence-electron chi connectivity index (χ4n) is 2.65. The molecule has 0 saturated heterocycles. The van der Waals surface area contributed by atoms with E-state index in [1.54, 1.807) is 48.2 Å². The van der Waals surface area contributed by atoms with Crippen molar-refractivity contribution in [2.45, 2.75) is 22.6 Å². The maximum Gasteiger partial charge on any atom is 0.306 e. The first-order chi connectivity index (χ1) is 15.9. The lowest BCUT2D eigenvalue weighted by Crippen LogP contribution is -2.22. The second-order valence-electron chi connectivity index (χ2n) is 6.82. The molecule has 0 aliphatic heterocycles. The molecule has 0 atom stereocenters. The molecule has 3 rings (SSSR count). The van der Waals surface area contributed by atoms with E-state index < -0.39 is 18.5 Å². The van der Waals surface area contributed by atoms with Gasteiger partial charge in [0, 0.05) is 26.9 Å². The topological polar surface area (TPSA) is 84.5 Å². The molecule has 170 valence electrons.